The van der Waals surface area contributed by atoms with E-state index in [4.69, 9.17) is 5.11 Å². The van der Waals surface area contributed by atoms with Gasteiger partial charge < -0.3 is 20.1 Å². The van der Waals surface area contributed by atoms with E-state index in [-0.39, 0.29) is 29.6 Å². The Bertz CT molecular complexity index is 536. The van der Waals surface area contributed by atoms with E-state index in [1.807, 2.05) is 24.3 Å². The zero-order valence-corrected chi connectivity index (χ0v) is 12.9. The number of aliphatic hydroxyl groups excluding tert-OH is 1. The topological polar surface area (TPSA) is 73.2 Å². The van der Waals surface area contributed by atoms with Gasteiger partial charge in [-0.3, -0.25) is 0 Å². The number of epoxide rings is 1. The van der Waals surface area contributed by atoms with Gasteiger partial charge in [0, 0.05) is 5.41 Å². The average Bonchev–Trinajstić information content (AvgIpc) is 3.33. The van der Waals surface area contributed by atoms with Crippen molar-refractivity contribution in [2.75, 3.05) is 13.2 Å². The van der Waals surface area contributed by atoms with Crippen molar-refractivity contribution in [1.82, 2.24) is 0 Å². The Morgan fingerprint density at radius 2 is 1.27 bits per heavy atom. The SMILES string of the molecule is CC(C)(c1ccc(O)cc1)c1ccc(O)cc1.OCC1CO1. The second-order valence-corrected chi connectivity index (χ2v) is 5.86. The van der Waals surface area contributed by atoms with Gasteiger partial charge in [0.1, 0.15) is 17.6 Å². The van der Waals surface area contributed by atoms with E-state index >= 15 is 0 Å². The first-order chi connectivity index (χ1) is 10.4. The van der Waals surface area contributed by atoms with Gasteiger partial charge in [0.2, 0.25) is 0 Å². The van der Waals surface area contributed by atoms with Crippen LogP contribution >= 0.6 is 0 Å². The third kappa shape index (κ3) is 4.23. The Kier molecular flexibility index (Phi) is 5.06. The number of phenols is 2. The molecule has 0 radical (unpaired) electrons. The molecule has 1 atom stereocenters. The molecule has 118 valence electrons. The summed E-state index contributed by atoms with van der Waals surface area (Å²) < 4.78 is 4.61. The van der Waals surface area contributed by atoms with Crippen molar-refractivity contribution in [3.8, 4) is 11.5 Å². The molecule has 3 rings (SSSR count). The molecule has 1 aliphatic heterocycles. The molecule has 0 amide bonds. The molecule has 0 saturated carbocycles. The summed E-state index contributed by atoms with van der Waals surface area (Å²) in [6.07, 6.45) is 0.190. The van der Waals surface area contributed by atoms with Crippen molar-refractivity contribution >= 4 is 0 Å². The van der Waals surface area contributed by atoms with Crippen LogP contribution in [0.5, 0.6) is 11.5 Å². The lowest BCUT2D eigenvalue weighted by atomic mass is 9.78. The van der Waals surface area contributed by atoms with Crippen LogP contribution in [0.2, 0.25) is 0 Å². The van der Waals surface area contributed by atoms with Crippen LogP contribution in [0.4, 0.5) is 0 Å². The van der Waals surface area contributed by atoms with Gasteiger partial charge >= 0.3 is 0 Å². The molecule has 0 aromatic heterocycles. The minimum absolute atomic E-state index is 0.151. The van der Waals surface area contributed by atoms with Gasteiger partial charge in [0.05, 0.1) is 13.2 Å². The van der Waals surface area contributed by atoms with Gasteiger partial charge in [-0.15, -0.1) is 0 Å². The Morgan fingerprint density at radius 3 is 1.50 bits per heavy atom. The quantitative estimate of drug-likeness (QED) is 0.762. The van der Waals surface area contributed by atoms with E-state index in [0.717, 1.165) is 17.7 Å². The first-order valence-corrected chi connectivity index (χ1v) is 7.25. The molecule has 0 bridgehead atoms. The predicted molar refractivity (Wildman–Crippen MR) is 85.2 cm³/mol. The summed E-state index contributed by atoms with van der Waals surface area (Å²) in [6, 6.07) is 14.4. The molecule has 3 N–H and O–H groups in total. The van der Waals surface area contributed by atoms with Crippen molar-refractivity contribution in [1.29, 1.82) is 0 Å². The minimum atomic E-state index is -0.151. The van der Waals surface area contributed by atoms with Crippen LogP contribution in [0.15, 0.2) is 48.5 Å². The molecule has 1 saturated heterocycles. The third-order valence-electron chi connectivity index (χ3n) is 3.78. The fourth-order valence-electron chi connectivity index (χ4n) is 2.10. The van der Waals surface area contributed by atoms with E-state index in [2.05, 4.69) is 18.6 Å². The molecule has 0 aliphatic carbocycles. The highest BCUT2D eigenvalue weighted by molar-refractivity contribution is 5.41. The van der Waals surface area contributed by atoms with E-state index in [0.29, 0.717) is 0 Å². The maximum Gasteiger partial charge on any atom is 0.115 e. The number of aliphatic hydroxyl groups is 1. The highest BCUT2D eigenvalue weighted by atomic mass is 16.6. The van der Waals surface area contributed by atoms with Crippen LogP contribution in [-0.2, 0) is 10.2 Å². The third-order valence-corrected chi connectivity index (χ3v) is 3.78. The zero-order valence-electron chi connectivity index (χ0n) is 12.9. The average molecular weight is 302 g/mol. The molecule has 4 heteroatoms. The molecule has 4 nitrogen and oxygen atoms in total. The van der Waals surface area contributed by atoms with E-state index in [1.165, 1.54) is 0 Å². The first-order valence-electron chi connectivity index (χ1n) is 7.25. The zero-order chi connectivity index (χ0) is 16.2. The molecule has 1 aliphatic rings. The highest BCUT2D eigenvalue weighted by Crippen LogP contribution is 2.32. The molecule has 1 unspecified atom stereocenters. The summed E-state index contributed by atoms with van der Waals surface area (Å²) >= 11 is 0. The van der Waals surface area contributed by atoms with Crippen molar-refractivity contribution in [2.24, 2.45) is 0 Å². The summed E-state index contributed by atoms with van der Waals surface area (Å²) in [5.74, 6) is 0.547. The van der Waals surface area contributed by atoms with Crippen LogP contribution < -0.4 is 0 Å². The van der Waals surface area contributed by atoms with Crippen molar-refractivity contribution in [2.45, 2.75) is 25.4 Å². The Hall–Kier alpha value is -2.04. The van der Waals surface area contributed by atoms with Gasteiger partial charge in [-0.1, -0.05) is 38.1 Å². The van der Waals surface area contributed by atoms with Crippen LogP contribution in [0.3, 0.4) is 0 Å². The molecule has 2 aromatic rings. The van der Waals surface area contributed by atoms with E-state index < -0.39 is 0 Å². The maximum absolute atomic E-state index is 9.30. The molecule has 1 heterocycles. The number of hydrogen-bond donors (Lipinski definition) is 3. The molecular weight excluding hydrogens is 280 g/mol. The lowest BCUT2D eigenvalue weighted by Crippen LogP contribution is -2.18. The van der Waals surface area contributed by atoms with Crippen molar-refractivity contribution in [3.63, 3.8) is 0 Å². The number of phenolic OH excluding ortho intramolecular Hbond substituents is 2. The lowest BCUT2D eigenvalue weighted by molar-refractivity contribution is 0.244. The van der Waals surface area contributed by atoms with Gasteiger partial charge in [0.25, 0.3) is 0 Å². The molecular formula is C18H22O4. The first kappa shape index (κ1) is 16.3. The fraction of sp³-hybridized carbons (Fsp3) is 0.333. The maximum atomic E-state index is 9.30. The van der Waals surface area contributed by atoms with Crippen LogP contribution in [0.25, 0.3) is 0 Å². The summed E-state index contributed by atoms with van der Waals surface area (Å²) in [4.78, 5) is 0. The standard InChI is InChI=1S/C15H16O2.C3H6O2/c1-15(2,11-3-7-13(16)8-4-11)12-5-9-14(17)10-6-12;4-1-3-2-5-3/h3-10,16-17H,1-2H3;3-4H,1-2H2. The Morgan fingerprint density at radius 1 is 0.909 bits per heavy atom. The van der Waals surface area contributed by atoms with Crippen molar-refractivity contribution < 1.29 is 20.1 Å². The summed E-state index contributed by atoms with van der Waals surface area (Å²) in [6.45, 7) is 5.19. The summed E-state index contributed by atoms with van der Waals surface area (Å²) in [5, 5.41) is 26.7. The van der Waals surface area contributed by atoms with Crippen LogP contribution in [0.1, 0.15) is 25.0 Å². The normalized spacial score (nSPS) is 16.6. The number of ether oxygens (including phenoxy) is 1. The van der Waals surface area contributed by atoms with E-state index in [1.54, 1.807) is 24.3 Å². The predicted octanol–water partition coefficient (Wildman–Crippen LogP) is 2.80. The Balaban J connectivity index is 0.000000299. The van der Waals surface area contributed by atoms with E-state index in [9.17, 15) is 10.2 Å². The molecule has 1 fully saturated rings. The number of rotatable bonds is 3. The van der Waals surface area contributed by atoms with Crippen LogP contribution in [0, 0.1) is 0 Å². The molecule has 22 heavy (non-hydrogen) atoms. The van der Waals surface area contributed by atoms with Gasteiger partial charge in [-0.05, 0) is 35.4 Å². The molecule has 0 spiro atoms. The summed E-state index contributed by atoms with van der Waals surface area (Å²) in [5.41, 5.74) is 2.10. The lowest BCUT2D eigenvalue weighted by Gasteiger charge is -2.26. The van der Waals surface area contributed by atoms with Gasteiger partial charge in [0.15, 0.2) is 0 Å². The van der Waals surface area contributed by atoms with Gasteiger partial charge in [-0.25, -0.2) is 0 Å². The number of benzene rings is 2. The second kappa shape index (κ2) is 6.81. The largest absolute Gasteiger partial charge is 0.508 e. The number of aromatic hydroxyl groups is 2. The smallest absolute Gasteiger partial charge is 0.115 e. The second-order valence-electron chi connectivity index (χ2n) is 5.86. The van der Waals surface area contributed by atoms with Crippen LogP contribution in [-0.4, -0.2) is 34.6 Å². The summed E-state index contributed by atoms with van der Waals surface area (Å²) in [7, 11) is 0. The Labute approximate surface area is 130 Å². The molecule has 2 aromatic carbocycles. The monoisotopic (exact) mass is 302 g/mol. The van der Waals surface area contributed by atoms with Crippen molar-refractivity contribution in [3.05, 3.63) is 59.7 Å². The minimum Gasteiger partial charge on any atom is -0.508 e. The fourth-order valence-corrected chi connectivity index (χ4v) is 2.10. The highest BCUT2D eigenvalue weighted by Gasteiger charge is 2.22. The van der Waals surface area contributed by atoms with Gasteiger partial charge in [-0.2, -0.15) is 0 Å². The number of hydrogen-bond acceptors (Lipinski definition) is 4.